The molecule has 2 heterocycles. The summed E-state index contributed by atoms with van der Waals surface area (Å²) in [5.74, 6) is 0.423. The van der Waals surface area contributed by atoms with E-state index in [9.17, 15) is 4.79 Å². The Bertz CT molecular complexity index is 646. The first kappa shape index (κ1) is 14.6. The van der Waals surface area contributed by atoms with E-state index < -0.39 is 0 Å². The minimum Gasteiger partial charge on any atom is -0.362 e. The lowest BCUT2D eigenvalue weighted by atomic mass is 9.92. The molecule has 0 spiro atoms. The Hall–Kier alpha value is -1.77. The highest BCUT2D eigenvalue weighted by Gasteiger charge is 2.23. The van der Waals surface area contributed by atoms with Crippen LogP contribution in [0.1, 0.15) is 70.4 Å². The average Bonchev–Trinajstić information content (AvgIpc) is 2.81. The smallest absolute Gasteiger partial charge is 0.161 e. The highest BCUT2D eigenvalue weighted by molar-refractivity contribution is 5.97. The van der Waals surface area contributed by atoms with Crippen LogP contribution in [0.2, 0.25) is 0 Å². The van der Waals surface area contributed by atoms with E-state index in [0.29, 0.717) is 0 Å². The third-order valence-corrected chi connectivity index (χ3v) is 4.12. The normalized spacial score (nSPS) is 12.7. The number of H-pyrrole nitrogens is 2. The van der Waals surface area contributed by atoms with Gasteiger partial charge in [0.15, 0.2) is 5.78 Å². The summed E-state index contributed by atoms with van der Waals surface area (Å²) in [6.45, 7) is 12.1. The van der Waals surface area contributed by atoms with Gasteiger partial charge in [0.1, 0.15) is 0 Å². The minimum atomic E-state index is 0.136. The maximum atomic E-state index is 11.8. The van der Waals surface area contributed by atoms with Gasteiger partial charge in [-0.2, -0.15) is 0 Å². The number of aromatic amines is 2. The van der Waals surface area contributed by atoms with Gasteiger partial charge in [-0.3, -0.25) is 4.79 Å². The molecule has 2 aromatic rings. The quantitative estimate of drug-likeness (QED) is 0.800. The van der Waals surface area contributed by atoms with Crippen molar-refractivity contribution in [2.45, 2.75) is 53.9 Å². The van der Waals surface area contributed by atoms with Gasteiger partial charge in [0.2, 0.25) is 0 Å². The Labute approximate surface area is 120 Å². The summed E-state index contributed by atoms with van der Waals surface area (Å²) in [4.78, 5) is 18.7. The fourth-order valence-corrected chi connectivity index (χ4v) is 3.31. The first-order chi connectivity index (χ1) is 9.36. The summed E-state index contributed by atoms with van der Waals surface area (Å²) in [5, 5.41) is 0. The van der Waals surface area contributed by atoms with Crippen LogP contribution < -0.4 is 0 Å². The number of hydrogen-bond donors (Lipinski definition) is 2. The second-order valence-electron chi connectivity index (χ2n) is 5.73. The lowest BCUT2D eigenvalue weighted by Gasteiger charge is -2.15. The Morgan fingerprint density at radius 3 is 2.20 bits per heavy atom. The predicted octanol–water partition coefficient (Wildman–Crippen LogP) is 4.32. The van der Waals surface area contributed by atoms with Gasteiger partial charge in [-0.1, -0.05) is 6.92 Å². The zero-order valence-electron chi connectivity index (χ0n) is 13.3. The van der Waals surface area contributed by atoms with Crippen molar-refractivity contribution in [3.63, 3.8) is 0 Å². The number of aryl methyl sites for hydroxylation is 3. The molecule has 0 saturated carbocycles. The molecule has 20 heavy (non-hydrogen) atoms. The number of hydrogen-bond acceptors (Lipinski definition) is 1. The molecule has 1 unspecified atom stereocenters. The zero-order chi connectivity index (χ0) is 15.0. The first-order valence-corrected chi connectivity index (χ1v) is 7.22. The summed E-state index contributed by atoms with van der Waals surface area (Å²) < 4.78 is 0. The molecule has 2 N–H and O–H groups in total. The summed E-state index contributed by atoms with van der Waals surface area (Å²) in [5.41, 5.74) is 7.80. The molecule has 0 aliphatic carbocycles. The van der Waals surface area contributed by atoms with Crippen molar-refractivity contribution in [2.75, 3.05) is 0 Å². The Morgan fingerprint density at radius 2 is 1.80 bits per heavy atom. The summed E-state index contributed by atoms with van der Waals surface area (Å²) in [6.07, 6.45) is 0.999. The first-order valence-electron chi connectivity index (χ1n) is 7.22. The molecule has 0 aliphatic rings. The maximum absolute atomic E-state index is 11.8. The number of carbonyl (C=O) groups excluding carboxylic acids is 1. The molecular weight excluding hydrogens is 248 g/mol. The number of carbonyl (C=O) groups is 1. The highest BCUT2D eigenvalue weighted by atomic mass is 16.1. The number of nitrogens with one attached hydrogen (secondary N) is 2. The second-order valence-corrected chi connectivity index (χ2v) is 5.73. The van der Waals surface area contributed by atoms with Gasteiger partial charge in [-0.05, 0) is 58.2 Å². The molecule has 3 nitrogen and oxygen atoms in total. The summed E-state index contributed by atoms with van der Waals surface area (Å²) >= 11 is 0. The van der Waals surface area contributed by atoms with E-state index in [-0.39, 0.29) is 11.7 Å². The molecule has 1 atom stereocenters. The molecular formula is C17H24N2O. The van der Waals surface area contributed by atoms with E-state index in [1.807, 2.05) is 13.8 Å². The standard InChI is InChI=1S/C17H24N2O/c1-7-14(16-9(2)8-10(3)18-16)17-11(4)15(13(6)20)12(5)19-17/h8,14,18-19H,7H2,1-6H3. The molecule has 0 fully saturated rings. The van der Waals surface area contributed by atoms with Crippen LogP contribution in [0.5, 0.6) is 0 Å². The van der Waals surface area contributed by atoms with Crippen LogP contribution in [0.3, 0.4) is 0 Å². The van der Waals surface area contributed by atoms with E-state index in [2.05, 4.69) is 36.8 Å². The van der Waals surface area contributed by atoms with Crippen LogP contribution in [0.25, 0.3) is 0 Å². The van der Waals surface area contributed by atoms with Crippen molar-refractivity contribution in [3.8, 4) is 0 Å². The van der Waals surface area contributed by atoms with E-state index in [1.54, 1.807) is 6.92 Å². The van der Waals surface area contributed by atoms with Crippen molar-refractivity contribution >= 4 is 5.78 Å². The van der Waals surface area contributed by atoms with Crippen LogP contribution >= 0.6 is 0 Å². The fourth-order valence-electron chi connectivity index (χ4n) is 3.31. The SMILES string of the molecule is CCC(c1[nH]c(C)cc1C)c1[nH]c(C)c(C(C)=O)c1C. The highest BCUT2D eigenvalue weighted by Crippen LogP contribution is 2.33. The van der Waals surface area contributed by atoms with Gasteiger partial charge in [0.05, 0.1) is 0 Å². The second kappa shape index (κ2) is 5.31. The topological polar surface area (TPSA) is 48.6 Å². The third kappa shape index (κ3) is 2.33. The molecule has 0 saturated heterocycles. The fraction of sp³-hybridized carbons (Fsp3) is 0.471. The van der Waals surface area contributed by atoms with Crippen LogP contribution in [-0.2, 0) is 0 Å². The molecule has 2 aromatic heterocycles. The molecule has 0 bridgehead atoms. The zero-order valence-corrected chi connectivity index (χ0v) is 13.3. The Kier molecular flexibility index (Phi) is 3.89. The Balaban J connectivity index is 2.56. The summed E-state index contributed by atoms with van der Waals surface area (Å²) in [7, 11) is 0. The number of rotatable bonds is 4. The van der Waals surface area contributed by atoms with Gasteiger partial charge >= 0.3 is 0 Å². The van der Waals surface area contributed by atoms with Crippen LogP contribution in [0, 0.1) is 27.7 Å². The minimum absolute atomic E-state index is 0.136. The predicted molar refractivity (Wildman–Crippen MR) is 82.7 cm³/mol. The van der Waals surface area contributed by atoms with E-state index in [0.717, 1.165) is 23.2 Å². The van der Waals surface area contributed by atoms with Crippen molar-refractivity contribution in [3.05, 3.63) is 45.5 Å². The molecule has 108 valence electrons. The van der Waals surface area contributed by atoms with Crippen LogP contribution in [0.4, 0.5) is 0 Å². The molecule has 0 amide bonds. The molecule has 0 aliphatic heterocycles. The lowest BCUT2D eigenvalue weighted by Crippen LogP contribution is -2.05. The number of aromatic nitrogens is 2. The lowest BCUT2D eigenvalue weighted by molar-refractivity contribution is 0.101. The van der Waals surface area contributed by atoms with Gasteiger partial charge < -0.3 is 9.97 Å². The van der Waals surface area contributed by atoms with Crippen LogP contribution in [0.15, 0.2) is 6.07 Å². The van der Waals surface area contributed by atoms with Crippen molar-refractivity contribution in [1.29, 1.82) is 0 Å². The average molecular weight is 272 g/mol. The summed E-state index contributed by atoms with van der Waals surface area (Å²) in [6, 6.07) is 2.18. The van der Waals surface area contributed by atoms with Gasteiger partial charge in [0, 0.05) is 34.3 Å². The van der Waals surface area contributed by atoms with Crippen molar-refractivity contribution < 1.29 is 4.79 Å². The van der Waals surface area contributed by atoms with E-state index in [1.165, 1.54) is 22.6 Å². The number of Topliss-reactive ketones (excluding diaryl/α,β-unsaturated/α-hetero) is 1. The molecule has 2 rings (SSSR count). The Morgan fingerprint density at radius 1 is 1.15 bits per heavy atom. The third-order valence-electron chi connectivity index (χ3n) is 4.12. The molecule has 3 heteroatoms. The monoisotopic (exact) mass is 272 g/mol. The maximum Gasteiger partial charge on any atom is 0.161 e. The van der Waals surface area contributed by atoms with Crippen LogP contribution in [-0.4, -0.2) is 15.8 Å². The van der Waals surface area contributed by atoms with Crippen molar-refractivity contribution in [1.82, 2.24) is 9.97 Å². The van der Waals surface area contributed by atoms with Gasteiger partial charge in [-0.25, -0.2) is 0 Å². The van der Waals surface area contributed by atoms with Crippen molar-refractivity contribution in [2.24, 2.45) is 0 Å². The van der Waals surface area contributed by atoms with Gasteiger partial charge in [0.25, 0.3) is 0 Å². The molecule has 0 radical (unpaired) electrons. The van der Waals surface area contributed by atoms with Gasteiger partial charge in [-0.15, -0.1) is 0 Å². The van der Waals surface area contributed by atoms with E-state index >= 15 is 0 Å². The molecule has 0 aromatic carbocycles. The number of ketones is 1. The largest absolute Gasteiger partial charge is 0.362 e. The van der Waals surface area contributed by atoms with E-state index in [4.69, 9.17) is 0 Å².